The van der Waals surface area contributed by atoms with E-state index in [1.807, 2.05) is 6.07 Å². The molecule has 1 unspecified atom stereocenters. The lowest BCUT2D eigenvalue weighted by atomic mass is 9.86. The summed E-state index contributed by atoms with van der Waals surface area (Å²) in [6.07, 6.45) is 7.44. The van der Waals surface area contributed by atoms with Crippen LogP contribution in [-0.2, 0) is 16.0 Å². The Morgan fingerprint density at radius 3 is 2.88 bits per heavy atom. The second-order valence-electron chi connectivity index (χ2n) is 6.86. The lowest BCUT2D eigenvalue weighted by molar-refractivity contribution is -0.123. The normalized spacial score (nSPS) is 21.1. The molecule has 0 bridgehead atoms. The van der Waals surface area contributed by atoms with E-state index in [-0.39, 0.29) is 12.5 Å². The van der Waals surface area contributed by atoms with Gasteiger partial charge in [-0.1, -0.05) is 32.1 Å². The predicted octanol–water partition coefficient (Wildman–Crippen LogP) is 1.64. The Labute approximate surface area is 147 Å². The van der Waals surface area contributed by atoms with Crippen LogP contribution < -0.4 is 16.0 Å². The van der Waals surface area contributed by atoms with Crippen LogP contribution in [0.3, 0.4) is 0 Å². The van der Waals surface area contributed by atoms with Crippen LogP contribution in [0, 0.1) is 5.92 Å². The first-order valence-corrected chi connectivity index (χ1v) is 8.93. The number of anilines is 2. The highest BCUT2D eigenvalue weighted by atomic mass is 16.6. The van der Waals surface area contributed by atoms with Crippen molar-refractivity contribution in [3.63, 3.8) is 0 Å². The molecule has 0 radical (unpaired) electrons. The van der Waals surface area contributed by atoms with Crippen LogP contribution in [0.15, 0.2) is 6.07 Å². The van der Waals surface area contributed by atoms with Crippen molar-refractivity contribution in [2.75, 3.05) is 23.7 Å². The van der Waals surface area contributed by atoms with Gasteiger partial charge in [-0.2, -0.15) is 4.98 Å². The van der Waals surface area contributed by atoms with Gasteiger partial charge in [0, 0.05) is 24.8 Å². The van der Waals surface area contributed by atoms with Crippen LogP contribution in [0.4, 0.5) is 16.6 Å². The minimum atomic E-state index is -0.720. The Bertz CT molecular complexity index is 618. The first kappa shape index (κ1) is 17.4. The summed E-state index contributed by atoms with van der Waals surface area (Å²) in [5, 5.41) is 2.67. The third-order valence-corrected chi connectivity index (χ3v) is 4.99. The molecule has 2 heterocycles. The molecule has 0 aromatic carbocycles. The maximum atomic E-state index is 11.3. The molecule has 136 valence electrons. The quantitative estimate of drug-likeness (QED) is 0.615. The standard InChI is InChI=1S/C17H25N5O3/c18-16-19-14(8-12-4-2-1-3-5-12)9-15(21-16)22-7-6-13(10-22)20-17(24)25-11-23/h9,11-13H,1-8,10H2,(H,20,24)(H2,18,19,21). The maximum Gasteiger partial charge on any atom is 0.414 e. The molecule has 2 fully saturated rings. The summed E-state index contributed by atoms with van der Waals surface area (Å²) in [6, 6.07) is 1.93. The van der Waals surface area contributed by atoms with Gasteiger partial charge in [0.25, 0.3) is 0 Å². The molecule has 8 heteroatoms. The van der Waals surface area contributed by atoms with Crippen molar-refractivity contribution in [3.05, 3.63) is 11.8 Å². The number of nitrogen functional groups attached to an aromatic ring is 1. The summed E-state index contributed by atoms with van der Waals surface area (Å²) < 4.78 is 4.27. The fourth-order valence-electron chi connectivity index (χ4n) is 3.79. The van der Waals surface area contributed by atoms with Crippen LogP contribution in [0.2, 0.25) is 0 Å². The average Bonchev–Trinajstić information content (AvgIpc) is 3.04. The highest BCUT2D eigenvalue weighted by Crippen LogP contribution is 2.28. The number of nitrogens with two attached hydrogens (primary N) is 1. The van der Waals surface area contributed by atoms with Crippen LogP contribution >= 0.6 is 0 Å². The number of hydrogen-bond donors (Lipinski definition) is 2. The van der Waals surface area contributed by atoms with E-state index in [1.54, 1.807) is 0 Å². The van der Waals surface area contributed by atoms with Gasteiger partial charge in [0.1, 0.15) is 5.82 Å². The predicted molar refractivity (Wildman–Crippen MR) is 93.0 cm³/mol. The summed E-state index contributed by atoms with van der Waals surface area (Å²) in [5.41, 5.74) is 6.90. The fraction of sp³-hybridized carbons (Fsp3) is 0.647. The summed E-state index contributed by atoms with van der Waals surface area (Å²) in [4.78, 5) is 32.4. The molecule has 1 aliphatic carbocycles. The number of nitrogens with zero attached hydrogens (tertiary/aromatic N) is 3. The molecule has 25 heavy (non-hydrogen) atoms. The monoisotopic (exact) mass is 347 g/mol. The number of hydrogen-bond acceptors (Lipinski definition) is 7. The lowest BCUT2D eigenvalue weighted by Crippen LogP contribution is -2.37. The van der Waals surface area contributed by atoms with E-state index in [9.17, 15) is 9.59 Å². The van der Waals surface area contributed by atoms with Crippen molar-refractivity contribution >= 4 is 24.3 Å². The van der Waals surface area contributed by atoms with Crippen molar-refractivity contribution in [1.29, 1.82) is 0 Å². The van der Waals surface area contributed by atoms with Gasteiger partial charge in [-0.25, -0.2) is 9.78 Å². The highest BCUT2D eigenvalue weighted by Gasteiger charge is 2.26. The van der Waals surface area contributed by atoms with Gasteiger partial charge < -0.3 is 20.7 Å². The smallest absolute Gasteiger partial charge is 0.379 e. The van der Waals surface area contributed by atoms with Crippen LogP contribution in [0.5, 0.6) is 0 Å². The highest BCUT2D eigenvalue weighted by molar-refractivity contribution is 5.75. The number of rotatable bonds is 5. The average molecular weight is 347 g/mol. The third kappa shape index (κ3) is 4.80. The molecule has 1 aliphatic heterocycles. The van der Waals surface area contributed by atoms with Crippen molar-refractivity contribution in [2.45, 2.75) is 51.0 Å². The Morgan fingerprint density at radius 2 is 2.12 bits per heavy atom. The van der Waals surface area contributed by atoms with Crippen LogP contribution in [0.25, 0.3) is 0 Å². The maximum absolute atomic E-state index is 11.3. The topological polar surface area (TPSA) is 110 Å². The Morgan fingerprint density at radius 1 is 1.32 bits per heavy atom. The van der Waals surface area contributed by atoms with Gasteiger partial charge in [0.2, 0.25) is 5.95 Å². The van der Waals surface area contributed by atoms with Gasteiger partial charge in [0.05, 0.1) is 6.04 Å². The molecule has 1 aromatic heterocycles. The Hall–Kier alpha value is -2.38. The van der Waals surface area contributed by atoms with E-state index in [0.717, 1.165) is 30.9 Å². The van der Waals surface area contributed by atoms with E-state index >= 15 is 0 Å². The SMILES string of the molecule is Nc1nc(CC2CCCCC2)cc(N2CCC(NC(=O)OC=O)C2)n1. The molecule has 1 saturated carbocycles. The molecule has 3 rings (SSSR count). The molecule has 1 amide bonds. The molecule has 2 aliphatic rings. The number of aromatic nitrogens is 2. The first-order valence-electron chi connectivity index (χ1n) is 8.93. The number of ether oxygens (including phenoxy) is 1. The van der Waals surface area contributed by atoms with E-state index in [0.29, 0.717) is 18.4 Å². The van der Waals surface area contributed by atoms with Gasteiger partial charge in [-0.15, -0.1) is 0 Å². The second kappa shape index (κ2) is 8.13. The minimum absolute atomic E-state index is 0.0783. The zero-order chi connectivity index (χ0) is 17.6. The zero-order valence-corrected chi connectivity index (χ0v) is 14.3. The molecule has 3 N–H and O–H groups in total. The summed E-state index contributed by atoms with van der Waals surface area (Å²) in [7, 11) is 0. The number of nitrogens with one attached hydrogen (secondary N) is 1. The number of carbonyl (C=O) groups is 2. The molecule has 1 saturated heterocycles. The molecule has 1 aromatic rings. The van der Waals surface area contributed by atoms with E-state index in [2.05, 4.69) is 24.9 Å². The van der Waals surface area contributed by atoms with Crippen molar-refractivity contribution in [3.8, 4) is 0 Å². The molecule has 0 spiro atoms. The Kier molecular flexibility index (Phi) is 5.67. The van der Waals surface area contributed by atoms with E-state index in [4.69, 9.17) is 5.73 Å². The van der Waals surface area contributed by atoms with Gasteiger partial charge in [-0.05, 0) is 18.8 Å². The minimum Gasteiger partial charge on any atom is -0.379 e. The summed E-state index contributed by atoms with van der Waals surface area (Å²) >= 11 is 0. The lowest BCUT2D eigenvalue weighted by Gasteiger charge is -2.22. The van der Waals surface area contributed by atoms with E-state index in [1.165, 1.54) is 32.1 Å². The van der Waals surface area contributed by atoms with Crippen molar-refractivity contribution in [2.24, 2.45) is 5.92 Å². The van der Waals surface area contributed by atoms with Crippen molar-refractivity contribution in [1.82, 2.24) is 15.3 Å². The number of carbonyl (C=O) groups excluding carboxylic acids is 2. The third-order valence-electron chi connectivity index (χ3n) is 4.99. The van der Waals surface area contributed by atoms with Gasteiger partial charge in [0.15, 0.2) is 0 Å². The number of alkyl carbamates (subject to hydrolysis) is 1. The van der Waals surface area contributed by atoms with Gasteiger partial charge in [-0.3, -0.25) is 4.79 Å². The number of amides is 1. The van der Waals surface area contributed by atoms with Crippen molar-refractivity contribution < 1.29 is 14.3 Å². The molecular weight excluding hydrogens is 322 g/mol. The summed E-state index contributed by atoms with van der Waals surface area (Å²) in [6.45, 7) is 1.49. The Balaban J connectivity index is 1.62. The van der Waals surface area contributed by atoms with Crippen LogP contribution in [0.1, 0.15) is 44.2 Å². The first-order chi connectivity index (χ1) is 12.1. The summed E-state index contributed by atoms with van der Waals surface area (Å²) in [5.74, 6) is 1.77. The molecule has 1 atom stereocenters. The fourth-order valence-corrected chi connectivity index (χ4v) is 3.79. The molecular formula is C17H25N5O3. The second-order valence-corrected chi connectivity index (χ2v) is 6.86. The van der Waals surface area contributed by atoms with Crippen LogP contribution in [-0.4, -0.2) is 41.7 Å². The van der Waals surface area contributed by atoms with E-state index < -0.39 is 6.09 Å². The largest absolute Gasteiger partial charge is 0.414 e. The van der Waals surface area contributed by atoms with Gasteiger partial charge >= 0.3 is 12.6 Å². The zero-order valence-electron chi connectivity index (χ0n) is 14.3. The molecule has 8 nitrogen and oxygen atoms in total.